The van der Waals surface area contributed by atoms with Gasteiger partial charge in [0.05, 0.1) is 28.1 Å². The second kappa shape index (κ2) is 6.96. The van der Waals surface area contributed by atoms with E-state index in [-0.39, 0.29) is 18.0 Å². The van der Waals surface area contributed by atoms with Crippen LogP contribution in [0.4, 0.5) is 5.69 Å². The average molecular weight is 374 g/mol. The van der Waals surface area contributed by atoms with Crippen molar-refractivity contribution in [3.63, 3.8) is 0 Å². The quantitative estimate of drug-likeness (QED) is 0.421. The molecule has 0 fully saturated rings. The zero-order chi connectivity index (χ0) is 19.7. The van der Waals surface area contributed by atoms with Crippen LogP contribution in [0, 0.1) is 0 Å². The summed E-state index contributed by atoms with van der Waals surface area (Å²) in [6.45, 7) is -0.389. The fraction of sp³-hybridized carbons (Fsp3) is 0.0476. The van der Waals surface area contributed by atoms with E-state index < -0.39 is 17.8 Å². The van der Waals surface area contributed by atoms with Gasteiger partial charge in [0, 0.05) is 6.20 Å². The van der Waals surface area contributed by atoms with Crippen LogP contribution >= 0.6 is 0 Å². The van der Waals surface area contributed by atoms with Crippen LogP contribution < -0.4 is 4.90 Å². The van der Waals surface area contributed by atoms with Crippen LogP contribution in [0.3, 0.4) is 0 Å². The summed E-state index contributed by atoms with van der Waals surface area (Å²) in [6.07, 6.45) is 1.60. The summed E-state index contributed by atoms with van der Waals surface area (Å²) >= 11 is 0. The maximum Gasteiger partial charge on any atom is 0.338 e. The van der Waals surface area contributed by atoms with Gasteiger partial charge in [0.15, 0.2) is 6.61 Å². The maximum atomic E-state index is 12.5. The highest BCUT2D eigenvalue weighted by atomic mass is 16.5. The Bertz CT molecular complexity index is 1050. The molecule has 0 spiro atoms. The third-order valence-electron chi connectivity index (χ3n) is 4.39. The van der Waals surface area contributed by atoms with Gasteiger partial charge in [0.2, 0.25) is 5.78 Å². The number of fused-ring (bicyclic) bond motifs is 1. The highest BCUT2D eigenvalue weighted by molar-refractivity contribution is 6.34. The number of anilines is 1. The van der Waals surface area contributed by atoms with E-state index in [9.17, 15) is 19.2 Å². The highest BCUT2D eigenvalue weighted by Crippen LogP contribution is 2.28. The lowest BCUT2D eigenvalue weighted by molar-refractivity contribution is 0.0473. The van der Waals surface area contributed by atoms with Crippen molar-refractivity contribution in [1.29, 1.82) is 0 Å². The molecule has 2 heterocycles. The molecule has 0 radical (unpaired) electrons. The number of esters is 1. The lowest BCUT2D eigenvalue weighted by Gasteiger charge is -2.14. The molecule has 0 bridgehead atoms. The van der Waals surface area contributed by atoms with E-state index in [1.165, 1.54) is 24.3 Å². The third kappa shape index (κ3) is 2.99. The minimum absolute atomic E-state index is 0.208. The molecule has 7 nitrogen and oxygen atoms in total. The fourth-order valence-corrected chi connectivity index (χ4v) is 2.97. The molecule has 0 aliphatic carbocycles. The van der Waals surface area contributed by atoms with Gasteiger partial charge < -0.3 is 9.72 Å². The monoisotopic (exact) mass is 374 g/mol. The van der Waals surface area contributed by atoms with E-state index in [0.29, 0.717) is 22.5 Å². The summed E-state index contributed by atoms with van der Waals surface area (Å²) in [6, 6.07) is 15.7. The Hall–Kier alpha value is -4.00. The molecule has 0 saturated heterocycles. The standard InChI is InChI=1S/C21H14N2O5/c24-18(17-6-3-11-22-17)12-28-21(27)13-7-9-14(10-8-13)23-19(25)15-4-1-2-5-16(15)20(23)26/h1-11,22H,12H2. The number of amides is 2. The number of ketones is 1. The van der Waals surface area contributed by atoms with E-state index in [1.54, 1.807) is 42.6 Å². The number of imide groups is 1. The molecule has 28 heavy (non-hydrogen) atoms. The van der Waals surface area contributed by atoms with Crippen molar-refractivity contribution >= 4 is 29.3 Å². The minimum Gasteiger partial charge on any atom is -0.454 e. The molecule has 1 aliphatic heterocycles. The van der Waals surface area contributed by atoms with E-state index >= 15 is 0 Å². The van der Waals surface area contributed by atoms with Crippen LogP contribution in [-0.2, 0) is 4.74 Å². The SMILES string of the molecule is O=C(OCC(=O)c1ccc[nH]1)c1ccc(N2C(=O)c3ccccc3C2=O)cc1. The van der Waals surface area contributed by atoms with Gasteiger partial charge in [-0.1, -0.05) is 12.1 Å². The van der Waals surface area contributed by atoms with E-state index in [4.69, 9.17) is 4.74 Å². The number of aromatic nitrogens is 1. The number of benzene rings is 2. The predicted octanol–water partition coefficient (Wildman–Crippen LogP) is 2.86. The van der Waals surface area contributed by atoms with Gasteiger partial charge in [-0.2, -0.15) is 0 Å². The number of ether oxygens (including phenoxy) is 1. The third-order valence-corrected chi connectivity index (χ3v) is 4.39. The molecule has 0 atom stereocenters. The van der Waals surface area contributed by atoms with E-state index in [2.05, 4.69) is 4.98 Å². The Labute approximate surface area is 159 Å². The van der Waals surface area contributed by atoms with Gasteiger partial charge >= 0.3 is 5.97 Å². The van der Waals surface area contributed by atoms with E-state index in [1.807, 2.05) is 0 Å². The zero-order valence-electron chi connectivity index (χ0n) is 14.5. The summed E-state index contributed by atoms with van der Waals surface area (Å²) in [5, 5.41) is 0. The van der Waals surface area contributed by atoms with Crippen LogP contribution in [0.15, 0.2) is 66.9 Å². The Morgan fingerprint density at radius 1 is 0.857 bits per heavy atom. The number of rotatable bonds is 5. The number of nitrogens with zero attached hydrogens (tertiary/aromatic N) is 1. The molecule has 0 saturated carbocycles. The van der Waals surface area contributed by atoms with Gasteiger partial charge in [0.25, 0.3) is 11.8 Å². The fourth-order valence-electron chi connectivity index (χ4n) is 2.97. The van der Waals surface area contributed by atoms with Gasteiger partial charge in [-0.15, -0.1) is 0 Å². The number of hydrogen-bond acceptors (Lipinski definition) is 5. The molecule has 0 unspecified atom stereocenters. The highest BCUT2D eigenvalue weighted by Gasteiger charge is 2.36. The number of hydrogen-bond donors (Lipinski definition) is 1. The van der Waals surface area contributed by atoms with Crippen molar-refractivity contribution in [3.05, 3.63) is 89.2 Å². The van der Waals surface area contributed by atoms with Crippen LogP contribution in [0.2, 0.25) is 0 Å². The molecule has 1 aliphatic rings. The molecule has 138 valence electrons. The van der Waals surface area contributed by atoms with Crippen molar-refractivity contribution in [1.82, 2.24) is 4.98 Å². The Morgan fingerprint density at radius 3 is 2.07 bits per heavy atom. The number of carbonyl (C=O) groups is 4. The molecule has 7 heteroatoms. The maximum absolute atomic E-state index is 12.5. The first-order valence-electron chi connectivity index (χ1n) is 8.48. The second-order valence-electron chi connectivity index (χ2n) is 6.12. The average Bonchev–Trinajstić information content (AvgIpc) is 3.34. The lowest BCUT2D eigenvalue weighted by atomic mass is 10.1. The Balaban J connectivity index is 1.46. The Morgan fingerprint density at radius 2 is 1.50 bits per heavy atom. The zero-order valence-corrected chi connectivity index (χ0v) is 14.5. The Kier molecular flexibility index (Phi) is 4.33. The second-order valence-corrected chi connectivity index (χ2v) is 6.12. The first-order chi connectivity index (χ1) is 13.6. The molecule has 2 aromatic carbocycles. The molecular weight excluding hydrogens is 360 g/mol. The van der Waals surface area contributed by atoms with Crippen molar-refractivity contribution in [3.8, 4) is 0 Å². The number of Topliss-reactive ketones (excluding diaryl/α,β-unsaturated/α-hetero) is 1. The number of nitrogens with one attached hydrogen (secondary N) is 1. The normalized spacial score (nSPS) is 12.8. The molecule has 3 aromatic rings. The summed E-state index contributed by atoms with van der Waals surface area (Å²) in [4.78, 5) is 52.8. The topological polar surface area (TPSA) is 96.5 Å². The molecule has 1 N–H and O–H groups in total. The largest absolute Gasteiger partial charge is 0.454 e. The summed E-state index contributed by atoms with van der Waals surface area (Å²) in [5.74, 6) is -1.84. The van der Waals surface area contributed by atoms with E-state index in [0.717, 1.165) is 4.90 Å². The molecular formula is C21H14N2O5. The van der Waals surface area contributed by atoms with Crippen molar-refractivity contribution in [2.45, 2.75) is 0 Å². The number of carbonyl (C=O) groups excluding carboxylic acids is 4. The van der Waals surface area contributed by atoms with Crippen molar-refractivity contribution < 1.29 is 23.9 Å². The van der Waals surface area contributed by atoms with Gasteiger partial charge in [-0.25, -0.2) is 9.69 Å². The van der Waals surface area contributed by atoms with Crippen LogP contribution in [0.1, 0.15) is 41.6 Å². The smallest absolute Gasteiger partial charge is 0.338 e. The predicted molar refractivity (Wildman–Crippen MR) is 99.4 cm³/mol. The van der Waals surface area contributed by atoms with Crippen LogP contribution in [-0.4, -0.2) is 35.2 Å². The molecule has 4 rings (SSSR count). The summed E-state index contributed by atoms with van der Waals surface area (Å²) in [5.41, 5.74) is 1.61. The number of aromatic amines is 1. The van der Waals surface area contributed by atoms with Gasteiger partial charge in [-0.3, -0.25) is 14.4 Å². The number of H-pyrrole nitrogens is 1. The first kappa shape index (κ1) is 17.4. The summed E-state index contributed by atoms with van der Waals surface area (Å²) < 4.78 is 5.02. The van der Waals surface area contributed by atoms with Gasteiger partial charge in [-0.05, 0) is 48.5 Å². The summed E-state index contributed by atoms with van der Waals surface area (Å²) in [7, 11) is 0. The van der Waals surface area contributed by atoms with Crippen molar-refractivity contribution in [2.24, 2.45) is 0 Å². The first-order valence-corrected chi connectivity index (χ1v) is 8.48. The van der Waals surface area contributed by atoms with Crippen LogP contribution in [0.25, 0.3) is 0 Å². The van der Waals surface area contributed by atoms with Gasteiger partial charge in [0.1, 0.15) is 0 Å². The molecule has 1 aromatic heterocycles. The van der Waals surface area contributed by atoms with Crippen LogP contribution in [0.5, 0.6) is 0 Å². The van der Waals surface area contributed by atoms with Crippen molar-refractivity contribution in [2.75, 3.05) is 11.5 Å². The minimum atomic E-state index is -0.672. The molecule has 2 amide bonds. The lowest BCUT2D eigenvalue weighted by Crippen LogP contribution is -2.29.